The van der Waals surface area contributed by atoms with E-state index in [1.165, 1.54) is 0 Å². The molecule has 2 aliphatic heterocycles. The van der Waals surface area contributed by atoms with E-state index in [2.05, 4.69) is 15.4 Å². The number of amides is 2. The van der Waals surface area contributed by atoms with Crippen molar-refractivity contribution in [2.75, 3.05) is 26.2 Å². The van der Waals surface area contributed by atoms with Crippen LogP contribution in [0, 0.1) is 17.2 Å². The predicted octanol–water partition coefficient (Wildman–Crippen LogP) is -0.435. The van der Waals surface area contributed by atoms with Gasteiger partial charge in [-0.2, -0.15) is 5.26 Å². The predicted molar refractivity (Wildman–Crippen MR) is 89.5 cm³/mol. The number of nitrogens with zero attached hydrogens (tertiary/aromatic N) is 2. The van der Waals surface area contributed by atoms with Crippen LogP contribution in [0.3, 0.4) is 0 Å². The molecule has 3 N–H and O–H groups in total. The van der Waals surface area contributed by atoms with E-state index in [0.717, 1.165) is 45.2 Å². The smallest absolute Gasteiger partial charge is 0.236 e. The fraction of sp³-hybridized carbons (Fsp3) is 0.800. The molecule has 2 amide bonds. The summed E-state index contributed by atoms with van der Waals surface area (Å²) in [4.78, 5) is 23.7. The Morgan fingerprint density at radius 1 is 1.38 bits per heavy atom. The molecular formula is C15H25N5O3S. The number of nitriles is 1. The fourth-order valence-electron chi connectivity index (χ4n) is 2.98. The van der Waals surface area contributed by atoms with Crippen molar-refractivity contribution >= 4 is 23.0 Å². The van der Waals surface area contributed by atoms with Crippen LogP contribution in [0.2, 0.25) is 0 Å². The van der Waals surface area contributed by atoms with Crippen LogP contribution in [0.5, 0.6) is 0 Å². The minimum absolute atomic E-state index is 0.0555. The molecule has 0 saturated carbocycles. The second kappa shape index (κ2) is 9.71. The summed E-state index contributed by atoms with van der Waals surface area (Å²) in [6.45, 7) is 2.08. The normalized spacial score (nSPS) is 24.5. The van der Waals surface area contributed by atoms with E-state index >= 15 is 0 Å². The Hall–Kier alpha value is -1.50. The van der Waals surface area contributed by atoms with Gasteiger partial charge in [0.1, 0.15) is 6.04 Å². The number of hydrogen-bond acceptors (Lipinski definition) is 4. The summed E-state index contributed by atoms with van der Waals surface area (Å²) in [6, 6.07) is 1.31. The molecule has 0 radical (unpaired) electrons. The van der Waals surface area contributed by atoms with Crippen molar-refractivity contribution < 1.29 is 13.8 Å². The molecule has 2 aliphatic rings. The number of hydrogen-bond donors (Lipinski definition) is 3. The zero-order valence-corrected chi connectivity index (χ0v) is 14.6. The van der Waals surface area contributed by atoms with Gasteiger partial charge in [0, 0.05) is 25.6 Å². The lowest BCUT2D eigenvalue weighted by Crippen LogP contribution is -2.46. The van der Waals surface area contributed by atoms with Crippen molar-refractivity contribution in [1.82, 2.24) is 19.7 Å². The zero-order chi connectivity index (χ0) is 17.4. The van der Waals surface area contributed by atoms with E-state index in [0.29, 0.717) is 13.0 Å². The lowest BCUT2D eigenvalue weighted by Gasteiger charge is -2.25. The summed E-state index contributed by atoms with van der Waals surface area (Å²) in [5.41, 5.74) is 0. The maximum Gasteiger partial charge on any atom is 0.236 e. The summed E-state index contributed by atoms with van der Waals surface area (Å²) >= 11 is -1.38. The molecule has 134 valence electrons. The van der Waals surface area contributed by atoms with Crippen LogP contribution in [0.15, 0.2) is 0 Å². The number of nitrogens with one attached hydrogen (secondary N) is 3. The van der Waals surface area contributed by atoms with Gasteiger partial charge in [-0.1, -0.05) is 6.42 Å². The van der Waals surface area contributed by atoms with Crippen molar-refractivity contribution in [1.29, 1.82) is 5.26 Å². The Bertz CT molecular complexity index is 516. The molecule has 0 bridgehead atoms. The third kappa shape index (κ3) is 5.85. The molecule has 2 saturated heterocycles. The van der Waals surface area contributed by atoms with Crippen molar-refractivity contribution in [3.63, 3.8) is 0 Å². The van der Waals surface area contributed by atoms with Gasteiger partial charge in [0.25, 0.3) is 0 Å². The van der Waals surface area contributed by atoms with Gasteiger partial charge < -0.3 is 10.6 Å². The van der Waals surface area contributed by atoms with Gasteiger partial charge >= 0.3 is 0 Å². The molecule has 2 heterocycles. The number of piperidine rings is 2. The zero-order valence-electron chi connectivity index (χ0n) is 13.8. The molecule has 0 aromatic rings. The Balaban J connectivity index is 1.72. The monoisotopic (exact) mass is 355 g/mol. The summed E-state index contributed by atoms with van der Waals surface area (Å²) in [5.74, 6) is -0.678. The second-order valence-electron chi connectivity index (χ2n) is 6.18. The standard InChI is InChI=1S/C15H25N5O3S/c16-10-13(9-12-5-4-6-17-15(12)22)19-14(21)11-18-24(23)20-7-2-1-3-8-20/h12-13,18H,1-9,11H2,(H,17,22)(H,19,21). The summed E-state index contributed by atoms with van der Waals surface area (Å²) in [5, 5.41) is 14.6. The Kier molecular flexibility index (Phi) is 7.62. The minimum Gasteiger partial charge on any atom is -0.356 e. The summed E-state index contributed by atoms with van der Waals surface area (Å²) in [6.07, 6.45) is 5.10. The van der Waals surface area contributed by atoms with Crippen LogP contribution < -0.4 is 15.4 Å². The first-order valence-corrected chi connectivity index (χ1v) is 9.58. The van der Waals surface area contributed by atoms with E-state index in [-0.39, 0.29) is 24.3 Å². The highest BCUT2D eigenvalue weighted by atomic mass is 32.2. The number of carbonyl (C=O) groups excluding carboxylic acids is 2. The van der Waals surface area contributed by atoms with Crippen LogP contribution in [-0.4, -0.2) is 52.5 Å². The molecule has 2 rings (SSSR count). The molecule has 24 heavy (non-hydrogen) atoms. The topological polar surface area (TPSA) is 114 Å². The highest BCUT2D eigenvalue weighted by Crippen LogP contribution is 2.17. The summed E-state index contributed by atoms with van der Waals surface area (Å²) < 4.78 is 16.5. The largest absolute Gasteiger partial charge is 0.356 e. The van der Waals surface area contributed by atoms with Gasteiger partial charge in [-0.15, -0.1) is 0 Å². The molecular weight excluding hydrogens is 330 g/mol. The highest BCUT2D eigenvalue weighted by molar-refractivity contribution is 7.80. The third-order valence-corrected chi connectivity index (χ3v) is 5.54. The van der Waals surface area contributed by atoms with Crippen molar-refractivity contribution in [3.05, 3.63) is 0 Å². The first-order chi connectivity index (χ1) is 11.6. The molecule has 3 unspecified atom stereocenters. The second-order valence-corrected chi connectivity index (χ2v) is 7.48. The Morgan fingerprint density at radius 3 is 2.79 bits per heavy atom. The van der Waals surface area contributed by atoms with Crippen LogP contribution in [-0.2, 0) is 20.8 Å². The summed E-state index contributed by atoms with van der Waals surface area (Å²) in [7, 11) is 0. The maximum atomic E-state index is 12.0. The molecule has 2 fully saturated rings. The minimum atomic E-state index is -1.38. The number of rotatable bonds is 7. The van der Waals surface area contributed by atoms with Gasteiger partial charge in [-0.05, 0) is 32.1 Å². The SMILES string of the molecule is N#CC(CC1CCCNC1=O)NC(=O)CNS(=O)N1CCCCC1. The average Bonchev–Trinajstić information content (AvgIpc) is 2.61. The Labute approximate surface area is 145 Å². The lowest BCUT2D eigenvalue weighted by atomic mass is 9.92. The molecule has 0 spiro atoms. The van der Waals surface area contributed by atoms with Crippen molar-refractivity contribution in [3.8, 4) is 6.07 Å². The first-order valence-electron chi connectivity index (χ1n) is 8.47. The van der Waals surface area contributed by atoms with Crippen LogP contribution in [0.1, 0.15) is 38.5 Å². The lowest BCUT2D eigenvalue weighted by molar-refractivity contribution is -0.127. The van der Waals surface area contributed by atoms with Gasteiger partial charge in [0.15, 0.2) is 11.2 Å². The van der Waals surface area contributed by atoms with E-state index in [4.69, 9.17) is 0 Å². The Morgan fingerprint density at radius 2 is 2.12 bits per heavy atom. The molecule has 0 aromatic heterocycles. The average molecular weight is 355 g/mol. The number of carbonyl (C=O) groups is 2. The van der Waals surface area contributed by atoms with E-state index in [1.54, 1.807) is 0 Å². The van der Waals surface area contributed by atoms with Crippen LogP contribution >= 0.6 is 0 Å². The van der Waals surface area contributed by atoms with Crippen molar-refractivity contribution in [2.45, 2.75) is 44.6 Å². The van der Waals surface area contributed by atoms with E-state index in [1.807, 2.05) is 10.4 Å². The quantitative estimate of drug-likeness (QED) is 0.574. The molecule has 0 aliphatic carbocycles. The van der Waals surface area contributed by atoms with Gasteiger partial charge in [0.05, 0.1) is 12.6 Å². The van der Waals surface area contributed by atoms with Crippen LogP contribution in [0.25, 0.3) is 0 Å². The molecule has 3 atom stereocenters. The van der Waals surface area contributed by atoms with E-state index < -0.39 is 17.2 Å². The molecule has 8 nitrogen and oxygen atoms in total. The van der Waals surface area contributed by atoms with Crippen LogP contribution in [0.4, 0.5) is 0 Å². The van der Waals surface area contributed by atoms with E-state index in [9.17, 15) is 19.1 Å². The highest BCUT2D eigenvalue weighted by Gasteiger charge is 2.26. The van der Waals surface area contributed by atoms with Gasteiger partial charge in [-0.3, -0.25) is 9.59 Å². The fourth-order valence-corrected chi connectivity index (χ4v) is 4.01. The first kappa shape index (κ1) is 18.8. The van der Waals surface area contributed by atoms with Crippen molar-refractivity contribution in [2.24, 2.45) is 5.92 Å². The third-order valence-electron chi connectivity index (χ3n) is 4.32. The molecule has 9 heteroatoms. The van der Waals surface area contributed by atoms with Gasteiger partial charge in [-0.25, -0.2) is 13.2 Å². The maximum absolute atomic E-state index is 12.0. The van der Waals surface area contributed by atoms with Gasteiger partial charge in [0.2, 0.25) is 11.8 Å². The molecule has 0 aromatic carbocycles.